The first-order valence-electron chi connectivity index (χ1n) is 4.38. The molecule has 1 aliphatic heterocycles. The molecule has 1 aromatic rings. The van der Waals surface area contributed by atoms with Gasteiger partial charge in [0, 0.05) is 0 Å². The minimum absolute atomic E-state index is 0.267. The van der Waals surface area contributed by atoms with Gasteiger partial charge >= 0.3 is 0 Å². The highest BCUT2D eigenvalue weighted by atomic mass is 16.6. The van der Waals surface area contributed by atoms with E-state index >= 15 is 0 Å². The van der Waals surface area contributed by atoms with Crippen LogP contribution in [0, 0.1) is 0 Å². The van der Waals surface area contributed by atoms with Crippen LogP contribution in [0.3, 0.4) is 0 Å². The van der Waals surface area contributed by atoms with Gasteiger partial charge in [0.05, 0.1) is 26.9 Å². The number of aliphatic hydroxyl groups is 1. The molecular weight excluding hydrogens is 188 g/mol. The lowest BCUT2D eigenvalue weighted by molar-refractivity contribution is -0.135. The minimum atomic E-state index is -0.871. The van der Waals surface area contributed by atoms with E-state index in [0.29, 0.717) is 19.8 Å². The van der Waals surface area contributed by atoms with E-state index in [2.05, 4.69) is 15.4 Å². The van der Waals surface area contributed by atoms with Crippen LogP contribution in [0.15, 0.2) is 0 Å². The van der Waals surface area contributed by atoms with Crippen molar-refractivity contribution in [3.63, 3.8) is 0 Å². The monoisotopic (exact) mass is 200 g/mol. The summed E-state index contributed by atoms with van der Waals surface area (Å²) in [6.45, 7) is 1.42. The van der Waals surface area contributed by atoms with Gasteiger partial charge in [-0.2, -0.15) is 4.80 Å². The number of hydrogen-bond acceptors (Lipinski definition) is 6. The lowest BCUT2D eigenvalue weighted by Crippen LogP contribution is -2.34. The Hall–Kier alpha value is -1.05. The van der Waals surface area contributed by atoms with Crippen molar-refractivity contribution >= 4 is 0 Å². The molecule has 78 valence electrons. The van der Waals surface area contributed by atoms with Gasteiger partial charge in [0.25, 0.3) is 0 Å². The molecule has 2 unspecified atom stereocenters. The van der Waals surface area contributed by atoms with Crippen molar-refractivity contribution in [3.05, 3.63) is 5.82 Å². The molecule has 1 saturated heterocycles. The van der Waals surface area contributed by atoms with Gasteiger partial charge in [0.15, 0.2) is 0 Å². The molecule has 0 saturated carbocycles. The Morgan fingerprint density at radius 1 is 1.57 bits per heavy atom. The summed E-state index contributed by atoms with van der Waals surface area (Å²) in [7, 11) is 1.64. The fourth-order valence-electron chi connectivity index (χ4n) is 1.27. The third kappa shape index (κ3) is 1.89. The number of hydrogen-bond donors (Lipinski definition) is 1. The van der Waals surface area contributed by atoms with Crippen LogP contribution in [-0.4, -0.2) is 51.2 Å². The quantitative estimate of drug-likeness (QED) is 0.636. The van der Waals surface area contributed by atoms with Gasteiger partial charge in [-0.15, -0.1) is 10.2 Å². The number of nitrogens with zero attached hydrogens (tertiary/aromatic N) is 4. The summed E-state index contributed by atoms with van der Waals surface area (Å²) in [5, 5.41) is 21.0. The molecule has 1 aromatic heterocycles. The van der Waals surface area contributed by atoms with Crippen molar-refractivity contribution in [2.24, 2.45) is 7.05 Å². The smallest absolute Gasteiger partial charge is 0.205 e. The van der Waals surface area contributed by atoms with Crippen LogP contribution in [-0.2, 0) is 16.5 Å². The summed E-state index contributed by atoms with van der Waals surface area (Å²) in [6.07, 6.45) is -1.27. The maximum Gasteiger partial charge on any atom is 0.205 e. The Labute approximate surface area is 80.6 Å². The van der Waals surface area contributed by atoms with E-state index in [1.54, 1.807) is 7.05 Å². The number of tetrazole rings is 1. The average Bonchev–Trinajstić information content (AvgIpc) is 2.65. The van der Waals surface area contributed by atoms with E-state index in [9.17, 15) is 5.11 Å². The fraction of sp³-hybridized carbons (Fsp3) is 0.857. The molecule has 1 fully saturated rings. The molecule has 0 amide bonds. The number of ether oxygens (including phenoxy) is 2. The zero-order valence-corrected chi connectivity index (χ0v) is 7.83. The van der Waals surface area contributed by atoms with Crippen LogP contribution < -0.4 is 0 Å². The van der Waals surface area contributed by atoms with Gasteiger partial charge in [0.2, 0.25) is 5.82 Å². The summed E-state index contributed by atoms with van der Waals surface area (Å²) in [5.41, 5.74) is 0. The van der Waals surface area contributed by atoms with Gasteiger partial charge in [-0.1, -0.05) is 0 Å². The average molecular weight is 200 g/mol. The van der Waals surface area contributed by atoms with Crippen molar-refractivity contribution in [2.75, 3.05) is 19.8 Å². The topological polar surface area (TPSA) is 82.3 Å². The van der Waals surface area contributed by atoms with E-state index in [-0.39, 0.29) is 5.82 Å². The zero-order valence-electron chi connectivity index (χ0n) is 7.83. The third-order valence-corrected chi connectivity index (χ3v) is 1.98. The largest absolute Gasteiger partial charge is 0.382 e. The lowest BCUT2D eigenvalue weighted by Gasteiger charge is -2.25. The van der Waals surface area contributed by atoms with Crippen molar-refractivity contribution < 1.29 is 14.6 Å². The number of aryl methyl sites for hydroxylation is 1. The summed E-state index contributed by atoms with van der Waals surface area (Å²) < 4.78 is 10.5. The van der Waals surface area contributed by atoms with Crippen molar-refractivity contribution in [3.8, 4) is 0 Å². The van der Waals surface area contributed by atoms with Crippen molar-refractivity contribution in [1.29, 1.82) is 0 Å². The van der Waals surface area contributed by atoms with Gasteiger partial charge in [-0.3, -0.25) is 0 Å². The first-order valence-corrected chi connectivity index (χ1v) is 4.38. The van der Waals surface area contributed by atoms with E-state index in [4.69, 9.17) is 9.47 Å². The summed E-state index contributed by atoms with van der Waals surface area (Å²) in [6, 6.07) is 0. The van der Waals surface area contributed by atoms with Crippen molar-refractivity contribution in [1.82, 2.24) is 20.2 Å². The highest BCUT2D eigenvalue weighted by molar-refractivity contribution is 4.89. The molecule has 1 aliphatic rings. The van der Waals surface area contributed by atoms with Gasteiger partial charge in [-0.05, 0) is 5.21 Å². The third-order valence-electron chi connectivity index (χ3n) is 1.98. The SMILES string of the molecule is Cn1nnc(C(O)C2COCCO2)n1. The number of rotatable bonds is 2. The number of aliphatic hydroxyl groups excluding tert-OH is 1. The second-order valence-electron chi connectivity index (χ2n) is 3.07. The molecule has 0 spiro atoms. The fourth-order valence-corrected chi connectivity index (χ4v) is 1.27. The van der Waals surface area contributed by atoms with E-state index in [0.717, 1.165) is 0 Å². The van der Waals surface area contributed by atoms with Crippen LogP contribution >= 0.6 is 0 Å². The Bertz CT molecular complexity index is 297. The van der Waals surface area contributed by atoms with Crippen molar-refractivity contribution in [2.45, 2.75) is 12.2 Å². The molecule has 0 aromatic carbocycles. The van der Waals surface area contributed by atoms with Crippen LogP contribution in [0.5, 0.6) is 0 Å². The maximum absolute atomic E-state index is 9.78. The summed E-state index contributed by atoms with van der Waals surface area (Å²) in [4.78, 5) is 1.29. The predicted octanol–water partition coefficient (Wildman–Crippen LogP) is -1.34. The first kappa shape index (κ1) is 9.50. The number of aromatic nitrogens is 4. The Balaban J connectivity index is 2.03. The molecule has 0 radical (unpaired) electrons. The Kier molecular flexibility index (Phi) is 2.71. The summed E-state index contributed by atoms with van der Waals surface area (Å²) >= 11 is 0. The molecule has 2 heterocycles. The van der Waals surface area contributed by atoms with E-state index < -0.39 is 12.2 Å². The predicted molar refractivity (Wildman–Crippen MR) is 44.3 cm³/mol. The normalized spacial score (nSPS) is 24.9. The zero-order chi connectivity index (χ0) is 9.97. The van der Waals surface area contributed by atoms with E-state index in [1.165, 1.54) is 4.80 Å². The molecule has 0 bridgehead atoms. The molecule has 7 heteroatoms. The molecule has 2 rings (SSSR count). The highest BCUT2D eigenvalue weighted by Gasteiger charge is 2.27. The molecular formula is C7H12N4O3. The van der Waals surface area contributed by atoms with Crippen LogP contribution in [0.25, 0.3) is 0 Å². The second kappa shape index (κ2) is 3.99. The Morgan fingerprint density at radius 2 is 2.43 bits per heavy atom. The molecule has 2 atom stereocenters. The highest BCUT2D eigenvalue weighted by Crippen LogP contribution is 2.17. The lowest BCUT2D eigenvalue weighted by atomic mass is 10.2. The van der Waals surface area contributed by atoms with Crippen LogP contribution in [0.4, 0.5) is 0 Å². The maximum atomic E-state index is 9.78. The second-order valence-corrected chi connectivity index (χ2v) is 3.07. The van der Waals surface area contributed by atoms with Gasteiger partial charge in [0.1, 0.15) is 12.2 Å². The molecule has 7 nitrogen and oxygen atoms in total. The van der Waals surface area contributed by atoms with Gasteiger partial charge < -0.3 is 14.6 Å². The molecule has 14 heavy (non-hydrogen) atoms. The minimum Gasteiger partial charge on any atom is -0.382 e. The Morgan fingerprint density at radius 3 is 3.00 bits per heavy atom. The van der Waals surface area contributed by atoms with Gasteiger partial charge in [-0.25, -0.2) is 0 Å². The van der Waals surface area contributed by atoms with E-state index in [1.807, 2.05) is 0 Å². The molecule has 1 N–H and O–H groups in total. The molecule has 0 aliphatic carbocycles. The van der Waals surface area contributed by atoms with Crippen LogP contribution in [0.1, 0.15) is 11.9 Å². The van der Waals surface area contributed by atoms with Crippen LogP contribution in [0.2, 0.25) is 0 Å². The summed E-state index contributed by atoms with van der Waals surface area (Å²) in [5.74, 6) is 0.267. The first-order chi connectivity index (χ1) is 6.77. The standard InChI is InChI=1S/C7H12N4O3/c1-11-9-7(8-10-11)6(12)5-4-13-2-3-14-5/h5-6,12H,2-4H2,1H3.